The van der Waals surface area contributed by atoms with E-state index in [-0.39, 0.29) is 29.2 Å². The molecule has 2 aromatic rings. The number of nitrogens with zero attached hydrogens (tertiary/aromatic N) is 2. The highest BCUT2D eigenvalue weighted by Gasteiger charge is 2.48. The van der Waals surface area contributed by atoms with Crippen molar-refractivity contribution in [3.63, 3.8) is 0 Å². The SMILES string of the molecule is Cc1cc([C@@H](C)O[C@H]2CN3C(=O)C=C(C4=CCN(C(C)(C)C)CC4)C[C@H]3[C@@H]2c2ccc(F)cc2)cc(C(F)(F)F)c1. The second-order valence-electron chi connectivity index (χ2n) is 12.6. The topological polar surface area (TPSA) is 32.8 Å². The molecule has 0 N–H and O–H groups in total. The van der Waals surface area contributed by atoms with E-state index < -0.39 is 23.9 Å². The van der Waals surface area contributed by atoms with Crippen LogP contribution in [0.5, 0.6) is 0 Å². The lowest BCUT2D eigenvalue weighted by atomic mass is 9.82. The molecule has 0 radical (unpaired) electrons. The van der Waals surface area contributed by atoms with Crippen molar-refractivity contribution in [2.45, 2.75) is 83.3 Å². The Hall–Kier alpha value is -2.97. The predicted octanol–water partition coefficient (Wildman–Crippen LogP) is 7.35. The summed E-state index contributed by atoms with van der Waals surface area (Å²) in [6.07, 6.45) is -0.114. The molecule has 1 fully saturated rings. The molecule has 4 nitrogen and oxygen atoms in total. The van der Waals surface area contributed by atoms with E-state index in [1.54, 1.807) is 38.1 Å². The zero-order valence-corrected chi connectivity index (χ0v) is 24.3. The van der Waals surface area contributed by atoms with Crippen molar-refractivity contribution < 1.29 is 27.1 Å². The minimum atomic E-state index is -4.46. The number of fused-ring (bicyclic) bond motifs is 1. The molecule has 5 rings (SSSR count). The maximum atomic E-state index is 13.9. The van der Waals surface area contributed by atoms with Crippen LogP contribution in [0.15, 0.2) is 65.8 Å². The van der Waals surface area contributed by atoms with Crippen molar-refractivity contribution in [1.82, 2.24) is 9.80 Å². The molecule has 3 aliphatic rings. The fraction of sp³-hybridized carbons (Fsp3) is 0.485. The van der Waals surface area contributed by atoms with Gasteiger partial charge in [0.2, 0.25) is 5.91 Å². The van der Waals surface area contributed by atoms with E-state index in [9.17, 15) is 22.4 Å². The standard InChI is InChI=1S/C33H38F4N2O2/c1-20-14-24(16-26(15-20)33(35,36)37)21(2)41-29-19-39-28(31(29)23-6-8-27(34)9-7-23)17-25(18-30(39)40)22-10-12-38(13-11-22)32(3,4)5/h6-10,14-16,18,21,28-29,31H,11-13,17,19H2,1-5H3/t21-,28+,29+,31+/m1/s1. The maximum absolute atomic E-state index is 13.9. The molecular formula is C33H38F4N2O2. The number of halogens is 4. The number of aryl methyl sites for hydroxylation is 1. The molecule has 0 aromatic heterocycles. The van der Waals surface area contributed by atoms with Crippen LogP contribution in [0.25, 0.3) is 0 Å². The number of hydrogen-bond acceptors (Lipinski definition) is 3. The molecule has 3 aliphatic heterocycles. The summed E-state index contributed by atoms with van der Waals surface area (Å²) in [6, 6.07) is 10.0. The highest BCUT2D eigenvalue weighted by Crippen LogP contribution is 2.44. The van der Waals surface area contributed by atoms with E-state index in [1.807, 2.05) is 4.90 Å². The van der Waals surface area contributed by atoms with E-state index >= 15 is 0 Å². The van der Waals surface area contributed by atoms with Gasteiger partial charge in [-0.25, -0.2) is 4.39 Å². The Labute approximate surface area is 239 Å². The molecule has 220 valence electrons. The highest BCUT2D eigenvalue weighted by molar-refractivity contribution is 5.91. The van der Waals surface area contributed by atoms with Gasteiger partial charge >= 0.3 is 6.18 Å². The Morgan fingerprint density at radius 1 is 1.02 bits per heavy atom. The van der Waals surface area contributed by atoms with Crippen LogP contribution in [0.2, 0.25) is 0 Å². The molecule has 0 bridgehead atoms. The first-order valence-electron chi connectivity index (χ1n) is 14.3. The lowest BCUT2D eigenvalue weighted by Gasteiger charge is -2.39. The molecule has 0 unspecified atom stereocenters. The number of alkyl halides is 3. The first kappa shape index (κ1) is 29.5. The van der Waals surface area contributed by atoms with Crippen LogP contribution in [-0.4, -0.2) is 53.0 Å². The summed E-state index contributed by atoms with van der Waals surface area (Å²) >= 11 is 0. The largest absolute Gasteiger partial charge is 0.416 e. The van der Waals surface area contributed by atoms with Gasteiger partial charge in [0.25, 0.3) is 0 Å². The Balaban J connectivity index is 1.42. The third-order valence-corrected chi connectivity index (χ3v) is 8.70. The van der Waals surface area contributed by atoms with Crippen molar-refractivity contribution >= 4 is 5.91 Å². The van der Waals surface area contributed by atoms with Crippen molar-refractivity contribution in [3.8, 4) is 0 Å². The molecule has 1 amide bonds. The summed E-state index contributed by atoms with van der Waals surface area (Å²) in [4.78, 5) is 17.7. The number of rotatable bonds is 5. The third-order valence-electron chi connectivity index (χ3n) is 8.70. The predicted molar refractivity (Wildman–Crippen MR) is 151 cm³/mol. The number of carbonyl (C=O) groups excluding carboxylic acids is 1. The minimum Gasteiger partial charge on any atom is -0.368 e. The van der Waals surface area contributed by atoms with E-state index in [2.05, 4.69) is 31.7 Å². The molecule has 41 heavy (non-hydrogen) atoms. The van der Waals surface area contributed by atoms with Crippen LogP contribution < -0.4 is 0 Å². The summed E-state index contributed by atoms with van der Waals surface area (Å²) in [7, 11) is 0. The fourth-order valence-corrected chi connectivity index (χ4v) is 6.49. The van der Waals surface area contributed by atoms with E-state index in [0.29, 0.717) is 24.1 Å². The zero-order valence-electron chi connectivity index (χ0n) is 24.3. The van der Waals surface area contributed by atoms with Crippen molar-refractivity contribution in [3.05, 3.63) is 93.8 Å². The van der Waals surface area contributed by atoms with Gasteiger partial charge in [-0.05, 0) is 94.0 Å². The molecular weight excluding hydrogens is 532 g/mol. The Morgan fingerprint density at radius 3 is 2.34 bits per heavy atom. The van der Waals surface area contributed by atoms with Gasteiger partial charge in [0.1, 0.15) is 5.82 Å². The van der Waals surface area contributed by atoms with E-state index in [0.717, 1.165) is 42.8 Å². The molecule has 0 saturated carbocycles. The van der Waals surface area contributed by atoms with Crippen LogP contribution >= 0.6 is 0 Å². The normalized spacial score (nSPS) is 24.7. The van der Waals surface area contributed by atoms with Crippen LogP contribution in [0.4, 0.5) is 17.6 Å². The Morgan fingerprint density at radius 2 is 1.73 bits per heavy atom. The fourth-order valence-electron chi connectivity index (χ4n) is 6.49. The first-order chi connectivity index (χ1) is 19.2. The molecule has 2 aromatic carbocycles. The lowest BCUT2D eigenvalue weighted by molar-refractivity contribution is -0.137. The average Bonchev–Trinajstić information content (AvgIpc) is 3.26. The van der Waals surface area contributed by atoms with Crippen LogP contribution in [0, 0.1) is 12.7 Å². The lowest BCUT2D eigenvalue weighted by Crippen LogP contribution is -2.44. The molecule has 8 heteroatoms. The van der Waals surface area contributed by atoms with Gasteiger partial charge in [0, 0.05) is 43.2 Å². The van der Waals surface area contributed by atoms with Gasteiger partial charge in [-0.3, -0.25) is 9.69 Å². The minimum absolute atomic E-state index is 0.0636. The molecule has 0 spiro atoms. The van der Waals surface area contributed by atoms with Crippen molar-refractivity contribution in [2.75, 3.05) is 19.6 Å². The molecule has 0 aliphatic carbocycles. The Kier molecular flexibility index (Phi) is 7.94. The highest BCUT2D eigenvalue weighted by atomic mass is 19.4. The van der Waals surface area contributed by atoms with Gasteiger partial charge in [-0.1, -0.05) is 29.8 Å². The maximum Gasteiger partial charge on any atom is 0.416 e. The molecule has 1 saturated heterocycles. The summed E-state index contributed by atoms with van der Waals surface area (Å²) < 4.78 is 60.9. The second-order valence-corrected chi connectivity index (χ2v) is 12.6. The Bertz CT molecular complexity index is 1360. The van der Waals surface area contributed by atoms with Gasteiger partial charge in [0.05, 0.1) is 17.8 Å². The summed E-state index contributed by atoms with van der Waals surface area (Å²) in [5, 5.41) is 0. The number of benzene rings is 2. The van der Waals surface area contributed by atoms with Crippen molar-refractivity contribution in [2.24, 2.45) is 0 Å². The third kappa shape index (κ3) is 6.28. The quantitative estimate of drug-likeness (QED) is 0.353. The smallest absolute Gasteiger partial charge is 0.368 e. The van der Waals surface area contributed by atoms with Gasteiger partial charge in [-0.15, -0.1) is 0 Å². The van der Waals surface area contributed by atoms with Crippen LogP contribution in [0.3, 0.4) is 0 Å². The molecule has 4 atom stereocenters. The van der Waals surface area contributed by atoms with Gasteiger partial charge in [-0.2, -0.15) is 13.2 Å². The van der Waals surface area contributed by atoms with Crippen molar-refractivity contribution in [1.29, 1.82) is 0 Å². The number of ether oxygens (including phenoxy) is 1. The van der Waals surface area contributed by atoms with E-state index in [1.165, 1.54) is 17.7 Å². The van der Waals surface area contributed by atoms with Crippen LogP contribution in [-0.2, 0) is 15.7 Å². The zero-order chi connectivity index (χ0) is 29.7. The second kappa shape index (κ2) is 11.0. The monoisotopic (exact) mass is 570 g/mol. The van der Waals surface area contributed by atoms with Gasteiger partial charge < -0.3 is 9.64 Å². The number of carbonyl (C=O) groups is 1. The summed E-state index contributed by atoms with van der Waals surface area (Å²) in [5.74, 6) is -0.700. The number of amides is 1. The van der Waals surface area contributed by atoms with Crippen LogP contribution in [0.1, 0.15) is 74.8 Å². The first-order valence-corrected chi connectivity index (χ1v) is 14.3. The van der Waals surface area contributed by atoms with E-state index in [4.69, 9.17) is 4.74 Å². The summed E-state index contributed by atoms with van der Waals surface area (Å²) in [5.41, 5.74) is 3.35. The van der Waals surface area contributed by atoms with Gasteiger partial charge in [0.15, 0.2) is 0 Å². The average molecular weight is 571 g/mol. The molecule has 3 heterocycles. The summed E-state index contributed by atoms with van der Waals surface area (Å²) in [6.45, 7) is 12.0. The number of hydrogen-bond donors (Lipinski definition) is 0.